The zero-order valence-corrected chi connectivity index (χ0v) is 11.5. The van der Waals surface area contributed by atoms with Gasteiger partial charge in [-0.05, 0) is 11.1 Å². The van der Waals surface area contributed by atoms with Gasteiger partial charge in [-0.25, -0.2) is 0 Å². The zero-order valence-electron chi connectivity index (χ0n) is 11.5. The summed E-state index contributed by atoms with van der Waals surface area (Å²) in [6.07, 6.45) is -4.50. The first-order chi connectivity index (χ1) is 10.3. The standard InChI is InChI=1S/C14H14F3NO4/c15-14(16,17)8-22-7-12(19)18-5-9-3-1-2-4-10(9)11(6-18)13(20)21/h1-4,11H,5-8H2,(H,20,21). The maximum absolute atomic E-state index is 12.0. The van der Waals surface area contributed by atoms with Gasteiger partial charge >= 0.3 is 12.1 Å². The number of carbonyl (C=O) groups excluding carboxylic acids is 1. The number of benzene rings is 1. The number of nitrogens with zero attached hydrogens (tertiary/aromatic N) is 1. The molecule has 0 spiro atoms. The van der Waals surface area contributed by atoms with Gasteiger partial charge in [0.2, 0.25) is 5.91 Å². The Hall–Kier alpha value is -2.09. The molecule has 0 saturated heterocycles. The smallest absolute Gasteiger partial charge is 0.411 e. The molecule has 0 saturated carbocycles. The molecule has 0 bridgehead atoms. The van der Waals surface area contributed by atoms with Gasteiger partial charge in [-0.2, -0.15) is 13.2 Å². The number of hydrogen-bond donors (Lipinski definition) is 1. The Kier molecular flexibility index (Phi) is 4.70. The highest BCUT2D eigenvalue weighted by Crippen LogP contribution is 2.28. The normalized spacial score (nSPS) is 18.0. The van der Waals surface area contributed by atoms with Crippen molar-refractivity contribution in [2.45, 2.75) is 18.6 Å². The van der Waals surface area contributed by atoms with E-state index in [0.717, 1.165) is 0 Å². The van der Waals surface area contributed by atoms with Crippen LogP contribution in [0.1, 0.15) is 17.0 Å². The number of halogens is 3. The van der Waals surface area contributed by atoms with Crippen molar-refractivity contribution in [3.8, 4) is 0 Å². The van der Waals surface area contributed by atoms with E-state index in [0.29, 0.717) is 11.1 Å². The summed E-state index contributed by atoms with van der Waals surface area (Å²) >= 11 is 0. The van der Waals surface area contributed by atoms with E-state index in [1.54, 1.807) is 24.3 Å². The summed E-state index contributed by atoms with van der Waals surface area (Å²) in [4.78, 5) is 24.4. The highest BCUT2D eigenvalue weighted by molar-refractivity contribution is 5.82. The average molecular weight is 317 g/mol. The second kappa shape index (κ2) is 6.35. The van der Waals surface area contributed by atoms with Crippen LogP contribution in [0.5, 0.6) is 0 Å². The molecule has 0 aliphatic carbocycles. The predicted molar refractivity (Wildman–Crippen MR) is 69.1 cm³/mol. The number of hydrogen-bond acceptors (Lipinski definition) is 3. The molecule has 1 unspecified atom stereocenters. The van der Waals surface area contributed by atoms with E-state index in [1.165, 1.54) is 4.90 Å². The number of alkyl halides is 3. The van der Waals surface area contributed by atoms with E-state index >= 15 is 0 Å². The number of fused-ring (bicyclic) bond motifs is 1. The summed E-state index contributed by atoms with van der Waals surface area (Å²) in [5.41, 5.74) is 1.29. The number of carboxylic acid groups (broad SMARTS) is 1. The third-order valence-electron chi connectivity index (χ3n) is 3.34. The van der Waals surface area contributed by atoms with Gasteiger partial charge in [-0.3, -0.25) is 9.59 Å². The highest BCUT2D eigenvalue weighted by atomic mass is 19.4. The van der Waals surface area contributed by atoms with Crippen molar-refractivity contribution < 1.29 is 32.6 Å². The van der Waals surface area contributed by atoms with Crippen molar-refractivity contribution in [3.05, 3.63) is 35.4 Å². The minimum Gasteiger partial charge on any atom is -0.481 e. The number of aliphatic carboxylic acids is 1. The molecule has 8 heteroatoms. The number of rotatable bonds is 4. The monoisotopic (exact) mass is 317 g/mol. The molecule has 1 aliphatic rings. The Morgan fingerprint density at radius 1 is 1.32 bits per heavy atom. The van der Waals surface area contributed by atoms with Gasteiger partial charge in [0.1, 0.15) is 13.2 Å². The molecule has 1 atom stereocenters. The molecule has 120 valence electrons. The lowest BCUT2D eigenvalue weighted by molar-refractivity contribution is -0.178. The summed E-state index contributed by atoms with van der Waals surface area (Å²) in [6, 6.07) is 6.79. The van der Waals surface area contributed by atoms with Gasteiger partial charge in [0.15, 0.2) is 0 Å². The largest absolute Gasteiger partial charge is 0.481 e. The first-order valence-corrected chi connectivity index (χ1v) is 6.51. The third kappa shape index (κ3) is 3.97. The average Bonchev–Trinajstić information content (AvgIpc) is 2.44. The number of amides is 1. The van der Waals surface area contributed by atoms with Crippen LogP contribution in [0.25, 0.3) is 0 Å². The molecular formula is C14H14F3NO4. The van der Waals surface area contributed by atoms with Crippen LogP contribution in [-0.2, 0) is 20.9 Å². The molecule has 0 fully saturated rings. The molecule has 0 radical (unpaired) electrons. The minimum absolute atomic E-state index is 0.0828. The van der Waals surface area contributed by atoms with Crippen LogP contribution in [0, 0.1) is 0 Å². The molecule has 2 rings (SSSR count). The first kappa shape index (κ1) is 16.3. The Morgan fingerprint density at radius 3 is 2.64 bits per heavy atom. The van der Waals surface area contributed by atoms with Crippen LogP contribution in [0.15, 0.2) is 24.3 Å². The quantitative estimate of drug-likeness (QED) is 0.919. The fourth-order valence-electron chi connectivity index (χ4n) is 2.35. The first-order valence-electron chi connectivity index (χ1n) is 6.51. The Balaban J connectivity index is 2.05. The molecule has 1 heterocycles. The Labute approximate surface area is 124 Å². The van der Waals surface area contributed by atoms with Crippen molar-refractivity contribution in [2.75, 3.05) is 19.8 Å². The Morgan fingerprint density at radius 2 is 2.00 bits per heavy atom. The third-order valence-corrected chi connectivity index (χ3v) is 3.34. The van der Waals surface area contributed by atoms with E-state index in [1.807, 2.05) is 0 Å². The van der Waals surface area contributed by atoms with Gasteiger partial charge in [0.05, 0.1) is 5.92 Å². The fourth-order valence-corrected chi connectivity index (χ4v) is 2.35. The van der Waals surface area contributed by atoms with Gasteiger partial charge in [0.25, 0.3) is 0 Å². The summed E-state index contributed by atoms with van der Waals surface area (Å²) in [6.45, 7) is -2.16. The van der Waals surface area contributed by atoms with Crippen molar-refractivity contribution in [1.29, 1.82) is 0 Å². The lowest BCUT2D eigenvalue weighted by atomic mass is 9.90. The molecular weight excluding hydrogens is 303 g/mol. The lowest BCUT2D eigenvalue weighted by Gasteiger charge is -2.32. The van der Waals surface area contributed by atoms with E-state index in [4.69, 9.17) is 0 Å². The molecule has 22 heavy (non-hydrogen) atoms. The van der Waals surface area contributed by atoms with Crippen molar-refractivity contribution in [1.82, 2.24) is 4.90 Å². The van der Waals surface area contributed by atoms with Crippen molar-refractivity contribution in [3.63, 3.8) is 0 Å². The maximum Gasteiger partial charge on any atom is 0.411 e. The number of carboxylic acids is 1. The van der Waals surface area contributed by atoms with Crippen LogP contribution < -0.4 is 0 Å². The van der Waals surface area contributed by atoms with Gasteiger partial charge in [0, 0.05) is 13.1 Å². The minimum atomic E-state index is -4.50. The molecule has 1 amide bonds. The topological polar surface area (TPSA) is 66.8 Å². The van der Waals surface area contributed by atoms with E-state index in [9.17, 15) is 27.9 Å². The summed E-state index contributed by atoms with van der Waals surface area (Å²) in [5.74, 6) is -2.64. The highest BCUT2D eigenvalue weighted by Gasteiger charge is 2.33. The van der Waals surface area contributed by atoms with Crippen molar-refractivity contribution >= 4 is 11.9 Å². The summed E-state index contributed by atoms with van der Waals surface area (Å²) < 4.78 is 40.3. The van der Waals surface area contributed by atoms with Crippen molar-refractivity contribution in [2.24, 2.45) is 0 Å². The number of carbonyl (C=O) groups is 2. The predicted octanol–water partition coefficient (Wildman–Crippen LogP) is 1.78. The summed E-state index contributed by atoms with van der Waals surface area (Å²) in [5, 5.41) is 9.25. The summed E-state index contributed by atoms with van der Waals surface area (Å²) in [7, 11) is 0. The van der Waals surface area contributed by atoms with Crippen LogP contribution in [0.4, 0.5) is 13.2 Å². The van der Waals surface area contributed by atoms with Crippen LogP contribution in [-0.4, -0.2) is 47.8 Å². The zero-order chi connectivity index (χ0) is 16.3. The van der Waals surface area contributed by atoms with Crippen LogP contribution >= 0.6 is 0 Å². The van der Waals surface area contributed by atoms with E-state index in [-0.39, 0.29) is 13.1 Å². The maximum atomic E-state index is 12.0. The van der Waals surface area contributed by atoms with Crippen LogP contribution in [0.2, 0.25) is 0 Å². The molecule has 1 aliphatic heterocycles. The van der Waals surface area contributed by atoms with Gasteiger partial charge < -0.3 is 14.7 Å². The lowest BCUT2D eigenvalue weighted by Crippen LogP contribution is -2.42. The molecule has 0 aromatic heterocycles. The second-order valence-electron chi connectivity index (χ2n) is 4.97. The SMILES string of the molecule is O=C(O)C1CN(C(=O)COCC(F)(F)F)Cc2ccccc21. The van der Waals surface area contributed by atoms with E-state index in [2.05, 4.69) is 4.74 Å². The number of ether oxygens (including phenoxy) is 1. The molecule has 5 nitrogen and oxygen atoms in total. The second-order valence-corrected chi connectivity index (χ2v) is 4.97. The molecule has 1 N–H and O–H groups in total. The van der Waals surface area contributed by atoms with Gasteiger partial charge in [-0.1, -0.05) is 24.3 Å². The van der Waals surface area contributed by atoms with E-state index < -0.39 is 37.2 Å². The Bertz CT molecular complexity index is 573. The van der Waals surface area contributed by atoms with Gasteiger partial charge in [-0.15, -0.1) is 0 Å². The fraction of sp³-hybridized carbons (Fsp3) is 0.429. The molecule has 1 aromatic carbocycles. The molecule has 1 aromatic rings. The van der Waals surface area contributed by atoms with Crippen LogP contribution in [0.3, 0.4) is 0 Å².